The molecule has 2 rings (SSSR count). The van der Waals surface area contributed by atoms with Crippen LogP contribution in [0.4, 0.5) is 0 Å². The number of nitrogens with two attached hydrogens (primary N) is 1. The van der Waals surface area contributed by atoms with E-state index < -0.39 is 18.1 Å². The zero-order valence-corrected chi connectivity index (χ0v) is 9.04. The third-order valence-electron chi connectivity index (χ3n) is 2.60. The van der Waals surface area contributed by atoms with Gasteiger partial charge in [-0.1, -0.05) is 18.2 Å². The Bertz CT molecular complexity index is 534. The maximum Gasteiger partial charge on any atom is 0.220 e. The summed E-state index contributed by atoms with van der Waals surface area (Å²) in [5, 5.41) is 20.2. The summed E-state index contributed by atoms with van der Waals surface area (Å²) < 4.78 is 5.24. The fourth-order valence-electron chi connectivity index (χ4n) is 1.75. The standard InChI is InChI=1S/C12H13NO4/c13-11(15)5-9(14)12(16)8-6-17-10-4-2-1-3-7(8)10/h1-4,6,9,12,14,16H,5H2,(H2,13,15). The third-order valence-corrected chi connectivity index (χ3v) is 2.60. The van der Waals surface area contributed by atoms with Crippen LogP contribution in [0.5, 0.6) is 0 Å². The van der Waals surface area contributed by atoms with Crippen LogP contribution in [0.15, 0.2) is 34.9 Å². The summed E-state index contributed by atoms with van der Waals surface area (Å²) in [6.45, 7) is 0. The SMILES string of the molecule is NC(=O)CC(O)C(O)c1coc2ccccc12. The van der Waals surface area contributed by atoms with Gasteiger partial charge in [-0.3, -0.25) is 4.79 Å². The van der Waals surface area contributed by atoms with E-state index >= 15 is 0 Å². The van der Waals surface area contributed by atoms with Crippen LogP contribution in [-0.2, 0) is 4.79 Å². The van der Waals surface area contributed by atoms with Gasteiger partial charge in [0.15, 0.2) is 0 Å². The first kappa shape index (κ1) is 11.6. The second-order valence-electron chi connectivity index (χ2n) is 3.87. The van der Waals surface area contributed by atoms with E-state index in [4.69, 9.17) is 10.2 Å². The number of primary amides is 1. The molecule has 0 fully saturated rings. The van der Waals surface area contributed by atoms with Gasteiger partial charge in [0.25, 0.3) is 0 Å². The number of para-hydroxylation sites is 1. The van der Waals surface area contributed by atoms with Crippen molar-refractivity contribution in [1.29, 1.82) is 0 Å². The van der Waals surface area contributed by atoms with Crippen molar-refractivity contribution in [2.75, 3.05) is 0 Å². The summed E-state index contributed by atoms with van der Waals surface area (Å²) in [7, 11) is 0. The van der Waals surface area contributed by atoms with Crippen molar-refractivity contribution in [2.45, 2.75) is 18.6 Å². The Hall–Kier alpha value is -1.85. The lowest BCUT2D eigenvalue weighted by atomic mass is 10.0. The Labute approximate surface area is 97.5 Å². The predicted octanol–water partition coefficient (Wildman–Crippen LogP) is 0.702. The molecule has 2 aromatic rings. The Kier molecular flexibility index (Phi) is 3.12. The van der Waals surface area contributed by atoms with Gasteiger partial charge in [-0.05, 0) is 6.07 Å². The molecule has 0 bridgehead atoms. The summed E-state index contributed by atoms with van der Waals surface area (Å²) in [4.78, 5) is 10.7. The number of rotatable bonds is 4. The molecule has 0 radical (unpaired) electrons. The van der Waals surface area contributed by atoms with Gasteiger partial charge in [-0.2, -0.15) is 0 Å². The molecule has 0 aliphatic heterocycles. The van der Waals surface area contributed by atoms with Crippen molar-refractivity contribution in [3.8, 4) is 0 Å². The van der Waals surface area contributed by atoms with E-state index in [9.17, 15) is 15.0 Å². The average molecular weight is 235 g/mol. The molecule has 0 spiro atoms. The van der Waals surface area contributed by atoms with Gasteiger partial charge in [0, 0.05) is 10.9 Å². The van der Waals surface area contributed by atoms with Crippen molar-refractivity contribution in [1.82, 2.24) is 0 Å². The number of aliphatic hydroxyl groups excluding tert-OH is 2. The highest BCUT2D eigenvalue weighted by molar-refractivity contribution is 5.81. The number of benzene rings is 1. The summed E-state index contributed by atoms with van der Waals surface area (Å²) in [6.07, 6.45) is -1.33. The molecule has 17 heavy (non-hydrogen) atoms. The molecule has 0 saturated heterocycles. The molecule has 5 heteroatoms. The van der Waals surface area contributed by atoms with Crippen molar-refractivity contribution < 1.29 is 19.4 Å². The monoisotopic (exact) mass is 235 g/mol. The lowest BCUT2D eigenvalue weighted by Crippen LogP contribution is -2.25. The van der Waals surface area contributed by atoms with Crippen molar-refractivity contribution in [3.63, 3.8) is 0 Å². The first-order valence-corrected chi connectivity index (χ1v) is 5.20. The minimum absolute atomic E-state index is 0.291. The third kappa shape index (κ3) is 2.30. The number of fused-ring (bicyclic) bond motifs is 1. The van der Waals surface area contributed by atoms with Crippen molar-refractivity contribution >= 4 is 16.9 Å². The molecule has 1 amide bonds. The Morgan fingerprint density at radius 3 is 2.76 bits per heavy atom. The number of carbonyl (C=O) groups excluding carboxylic acids is 1. The number of aliphatic hydroxyl groups is 2. The van der Waals surface area contributed by atoms with Crippen LogP contribution < -0.4 is 5.73 Å². The van der Waals surface area contributed by atoms with Gasteiger partial charge in [0.05, 0.1) is 18.8 Å². The number of furan rings is 1. The summed E-state index contributed by atoms with van der Waals surface area (Å²) in [5.74, 6) is -0.663. The largest absolute Gasteiger partial charge is 0.464 e. The molecule has 0 saturated carbocycles. The molecule has 1 aromatic heterocycles. The quantitative estimate of drug-likeness (QED) is 0.726. The molecule has 90 valence electrons. The maximum atomic E-state index is 10.7. The van der Waals surface area contributed by atoms with Crippen LogP contribution >= 0.6 is 0 Å². The molecule has 1 heterocycles. The molecule has 2 atom stereocenters. The number of amides is 1. The Morgan fingerprint density at radius 2 is 2.06 bits per heavy atom. The van der Waals surface area contributed by atoms with Crippen LogP contribution in [0.2, 0.25) is 0 Å². The second-order valence-corrected chi connectivity index (χ2v) is 3.87. The second kappa shape index (κ2) is 4.57. The van der Waals surface area contributed by atoms with E-state index in [2.05, 4.69) is 0 Å². The van der Waals surface area contributed by atoms with Gasteiger partial charge in [0.1, 0.15) is 11.7 Å². The molecule has 0 aliphatic rings. The Balaban J connectivity index is 2.30. The van der Waals surface area contributed by atoms with E-state index in [0.717, 1.165) is 0 Å². The molecule has 5 nitrogen and oxygen atoms in total. The number of hydrogen-bond donors (Lipinski definition) is 3. The molecule has 0 aliphatic carbocycles. The zero-order valence-electron chi connectivity index (χ0n) is 9.04. The van der Waals surface area contributed by atoms with Crippen LogP contribution in [-0.4, -0.2) is 22.2 Å². The summed E-state index contributed by atoms with van der Waals surface area (Å²) >= 11 is 0. The fourth-order valence-corrected chi connectivity index (χ4v) is 1.75. The van der Waals surface area contributed by atoms with Crippen LogP contribution in [0.25, 0.3) is 11.0 Å². The van der Waals surface area contributed by atoms with Gasteiger partial charge in [-0.25, -0.2) is 0 Å². The summed E-state index contributed by atoms with van der Waals surface area (Å²) in [5.41, 5.74) is 6.04. The molecule has 4 N–H and O–H groups in total. The molecule has 2 unspecified atom stereocenters. The number of hydrogen-bond acceptors (Lipinski definition) is 4. The molecular formula is C12H13NO4. The highest BCUT2D eigenvalue weighted by Gasteiger charge is 2.23. The van der Waals surface area contributed by atoms with Crippen LogP contribution in [0.1, 0.15) is 18.1 Å². The zero-order chi connectivity index (χ0) is 12.4. The smallest absolute Gasteiger partial charge is 0.220 e. The molecular weight excluding hydrogens is 222 g/mol. The first-order chi connectivity index (χ1) is 8.09. The van der Waals surface area contributed by atoms with Gasteiger partial charge in [-0.15, -0.1) is 0 Å². The van der Waals surface area contributed by atoms with E-state index in [-0.39, 0.29) is 6.42 Å². The highest BCUT2D eigenvalue weighted by Crippen LogP contribution is 2.28. The van der Waals surface area contributed by atoms with Gasteiger partial charge in [0.2, 0.25) is 5.91 Å². The number of carbonyl (C=O) groups is 1. The minimum atomic E-state index is -1.23. The average Bonchev–Trinajstić information content (AvgIpc) is 2.70. The molecule has 1 aromatic carbocycles. The topological polar surface area (TPSA) is 96.7 Å². The lowest BCUT2D eigenvalue weighted by Gasteiger charge is -2.15. The normalized spacial score (nSPS) is 14.7. The van der Waals surface area contributed by atoms with Crippen molar-refractivity contribution in [2.24, 2.45) is 5.73 Å². The Morgan fingerprint density at radius 1 is 1.35 bits per heavy atom. The lowest BCUT2D eigenvalue weighted by molar-refractivity contribution is -0.121. The summed E-state index contributed by atoms with van der Waals surface area (Å²) in [6, 6.07) is 7.14. The van der Waals surface area contributed by atoms with E-state index in [1.165, 1.54) is 6.26 Å². The van der Waals surface area contributed by atoms with Crippen LogP contribution in [0.3, 0.4) is 0 Å². The van der Waals surface area contributed by atoms with E-state index in [1.807, 2.05) is 6.07 Å². The van der Waals surface area contributed by atoms with Gasteiger partial charge >= 0.3 is 0 Å². The maximum absolute atomic E-state index is 10.7. The van der Waals surface area contributed by atoms with Crippen LogP contribution in [0, 0.1) is 0 Å². The van der Waals surface area contributed by atoms with E-state index in [1.54, 1.807) is 18.2 Å². The first-order valence-electron chi connectivity index (χ1n) is 5.20. The minimum Gasteiger partial charge on any atom is -0.464 e. The predicted molar refractivity (Wildman–Crippen MR) is 61.0 cm³/mol. The fraction of sp³-hybridized carbons (Fsp3) is 0.250. The van der Waals surface area contributed by atoms with E-state index in [0.29, 0.717) is 16.5 Å². The highest BCUT2D eigenvalue weighted by atomic mass is 16.3. The van der Waals surface area contributed by atoms with Crippen molar-refractivity contribution in [3.05, 3.63) is 36.1 Å². The van der Waals surface area contributed by atoms with Gasteiger partial charge < -0.3 is 20.4 Å².